The minimum atomic E-state index is -1.07. The van der Waals surface area contributed by atoms with Crippen molar-refractivity contribution in [3.05, 3.63) is 17.5 Å². The first-order valence-corrected chi connectivity index (χ1v) is 6.52. The van der Waals surface area contributed by atoms with Crippen LogP contribution in [0.3, 0.4) is 0 Å². The van der Waals surface area contributed by atoms with Crippen molar-refractivity contribution >= 4 is 0 Å². The highest BCUT2D eigenvalue weighted by Gasteiger charge is 2.54. The summed E-state index contributed by atoms with van der Waals surface area (Å²) in [4.78, 5) is 0. The Morgan fingerprint density at radius 3 is 2.33 bits per heavy atom. The van der Waals surface area contributed by atoms with Gasteiger partial charge in [-0.05, 0) is 19.4 Å². The van der Waals surface area contributed by atoms with Gasteiger partial charge in [0.05, 0.1) is 19.8 Å². The average molecular weight is 252 g/mol. The number of nitrogens with zero attached hydrogens (tertiary/aromatic N) is 2. The Labute approximate surface area is 107 Å². The lowest BCUT2D eigenvalue weighted by Gasteiger charge is -2.51. The molecule has 0 saturated carbocycles. The van der Waals surface area contributed by atoms with Gasteiger partial charge < -0.3 is 14.2 Å². The summed E-state index contributed by atoms with van der Waals surface area (Å²) >= 11 is 0. The Bertz CT molecular complexity index is 411. The molecule has 0 radical (unpaired) electrons. The molecule has 3 aliphatic heterocycles. The number of hydrogen-bond donors (Lipinski definition) is 0. The van der Waals surface area contributed by atoms with E-state index in [1.54, 1.807) is 0 Å². The second-order valence-electron chi connectivity index (χ2n) is 5.47. The van der Waals surface area contributed by atoms with Crippen LogP contribution in [0.4, 0.5) is 0 Å². The molecule has 4 heterocycles. The standard InChI is InChI=1S/C13H20N2O3/c1-4-5-12-7-16-13(17-8-12,18-9-12)11-6-10(2)15(3)14-11/h6H,4-5,7-9H2,1-3H3. The first-order valence-electron chi connectivity index (χ1n) is 6.52. The van der Waals surface area contributed by atoms with E-state index >= 15 is 0 Å². The van der Waals surface area contributed by atoms with Gasteiger partial charge in [0.25, 0.3) is 0 Å². The summed E-state index contributed by atoms with van der Waals surface area (Å²) < 4.78 is 19.4. The van der Waals surface area contributed by atoms with Crippen LogP contribution in [-0.2, 0) is 27.2 Å². The lowest BCUT2D eigenvalue weighted by molar-refractivity contribution is -0.482. The molecule has 0 amide bonds. The monoisotopic (exact) mass is 252 g/mol. The summed E-state index contributed by atoms with van der Waals surface area (Å²) in [5.74, 6) is -1.07. The fraction of sp³-hybridized carbons (Fsp3) is 0.769. The van der Waals surface area contributed by atoms with Crippen molar-refractivity contribution in [3.63, 3.8) is 0 Å². The molecule has 18 heavy (non-hydrogen) atoms. The molecule has 1 aromatic heterocycles. The SMILES string of the molecule is CCCC12COC(c3cc(C)n(C)n3)(OC1)OC2. The van der Waals surface area contributed by atoms with Crippen LogP contribution in [0.15, 0.2) is 6.07 Å². The van der Waals surface area contributed by atoms with Crippen molar-refractivity contribution in [3.8, 4) is 0 Å². The van der Waals surface area contributed by atoms with Crippen molar-refractivity contribution in [2.24, 2.45) is 12.5 Å². The van der Waals surface area contributed by atoms with E-state index in [1.165, 1.54) is 0 Å². The number of fused-ring (bicyclic) bond motifs is 3. The van der Waals surface area contributed by atoms with E-state index in [1.807, 2.05) is 24.7 Å². The molecular weight excluding hydrogens is 232 g/mol. The van der Waals surface area contributed by atoms with Crippen LogP contribution < -0.4 is 0 Å². The summed E-state index contributed by atoms with van der Waals surface area (Å²) in [7, 11) is 1.91. The molecule has 0 aromatic carbocycles. The van der Waals surface area contributed by atoms with Crippen LogP contribution in [0.1, 0.15) is 31.2 Å². The van der Waals surface area contributed by atoms with Gasteiger partial charge in [0.2, 0.25) is 0 Å². The number of rotatable bonds is 3. The Morgan fingerprint density at radius 2 is 1.89 bits per heavy atom. The van der Waals surface area contributed by atoms with E-state index in [-0.39, 0.29) is 5.41 Å². The van der Waals surface area contributed by atoms with Crippen molar-refractivity contribution in [1.82, 2.24) is 9.78 Å². The molecule has 5 heteroatoms. The van der Waals surface area contributed by atoms with Crippen molar-refractivity contribution in [2.75, 3.05) is 19.8 Å². The summed E-state index contributed by atoms with van der Waals surface area (Å²) in [6, 6.07) is 1.96. The highest BCUT2D eigenvalue weighted by Crippen LogP contribution is 2.45. The van der Waals surface area contributed by atoms with E-state index in [9.17, 15) is 0 Å². The Morgan fingerprint density at radius 1 is 1.28 bits per heavy atom. The zero-order chi connectivity index (χ0) is 12.8. The molecule has 0 unspecified atom stereocenters. The van der Waals surface area contributed by atoms with Gasteiger partial charge in [0, 0.05) is 18.2 Å². The third-order valence-electron chi connectivity index (χ3n) is 3.91. The lowest BCUT2D eigenvalue weighted by Crippen LogP contribution is -2.58. The third kappa shape index (κ3) is 1.69. The molecule has 0 aliphatic carbocycles. The normalized spacial score (nSPS) is 35.1. The van der Waals surface area contributed by atoms with E-state index in [0.29, 0.717) is 25.5 Å². The van der Waals surface area contributed by atoms with Crippen LogP contribution in [0.2, 0.25) is 0 Å². The molecule has 3 aliphatic rings. The molecule has 1 aromatic rings. The van der Waals surface area contributed by atoms with Crippen molar-refractivity contribution < 1.29 is 14.2 Å². The van der Waals surface area contributed by atoms with Crippen molar-refractivity contribution in [2.45, 2.75) is 32.7 Å². The fourth-order valence-electron chi connectivity index (χ4n) is 2.67. The van der Waals surface area contributed by atoms with Gasteiger partial charge in [0.15, 0.2) is 5.69 Å². The molecule has 100 valence electrons. The lowest BCUT2D eigenvalue weighted by atomic mass is 9.84. The minimum Gasteiger partial charge on any atom is -0.322 e. The van der Waals surface area contributed by atoms with Gasteiger partial charge >= 0.3 is 5.97 Å². The second kappa shape index (κ2) is 4.05. The maximum absolute atomic E-state index is 5.85. The molecule has 5 nitrogen and oxygen atoms in total. The highest BCUT2D eigenvalue weighted by molar-refractivity contribution is 5.13. The van der Waals surface area contributed by atoms with E-state index in [2.05, 4.69) is 12.0 Å². The largest absolute Gasteiger partial charge is 0.331 e. The molecule has 3 saturated heterocycles. The zero-order valence-electron chi connectivity index (χ0n) is 11.2. The quantitative estimate of drug-likeness (QED) is 0.821. The van der Waals surface area contributed by atoms with Gasteiger partial charge in [-0.3, -0.25) is 4.68 Å². The van der Waals surface area contributed by atoms with Gasteiger partial charge in [0.1, 0.15) is 0 Å². The Hall–Kier alpha value is -0.910. The van der Waals surface area contributed by atoms with Gasteiger partial charge in [-0.25, -0.2) is 0 Å². The topological polar surface area (TPSA) is 45.5 Å². The number of aromatic nitrogens is 2. The van der Waals surface area contributed by atoms with Gasteiger partial charge in [-0.2, -0.15) is 5.10 Å². The molecular formula is C13H20N2O3. The molecule has 3 fully saturated rings. The minimum absolute atomic E-state index is 0.0420. The van der Waals surface area contributed by atoms with Crippen LogP contribution in [0, 0.1) is 12.3 Å². The maximum atomic E-state index is 5.85. The summed E-state index contributed by atoms with van der Waals surface area (Å²) in [6.07, 6.45) is 2.19. The van der Waals surface area contributed by atoms with E-state index in [0.717, 1.165) is 18.5 Å². The summed E-state index contributed by atoms with van der Waals surface area (Å²) in [6.45, 7) is 6.25. The van der Waals surface area contributed by atoms with E-state index < -0.39 is 5.97 Å². The number of aryl methyl sites for hydroxylation is 2. The predicted molar refractivity (Wildman–Crippen MR) is 64.8 cm³/mol. The maximum Gasteiger partial charge on any atom is 0.331 e. The molecule has 2 bridgehead atoms. The first-order chi connectivity index (χ1) is 8.59. The van der Waals surface area contributed by atoms with Gasteiger partial charge in [-0.1, -0.05) is 13.3 Å². The zero-order valence-corrected chi connectivity index (χ0v) is 11.2. The molecule has 4 rings (SSSR count). The second-order valence-corrected chi connectivity index (χ2v) is 5.47. The number of hydrogen-bond acceptors (Lipinski definition) is 4. The predicted octanol–water partition coefficient (Wildman–Crippen LogP) is 1.70. The van der Waals surface area contributed by atoms with Crippen LogP contribution >= 0.6 is 0 Å². The summed E-state index contributed by atoms with van der Waals surface area (Å²) in [5, 5.41) is 4.41. The Kier molecular flexibility index (Phi) is 2.73. The first kappa shape index (κ1) is 12.1. The van der Waals surface area contributed by atoms with Crippen LogP contribution in [0.5, 0.6) is 0 Å². The third-order valence-corrected chi connectivity index (χ3v) is 3.91. The van der Waals surface area contributed by atoms with Crippen molar-refractivity contribution in [1.29, 1.82) is 0 Å². The molecule has 0 atom stereocenters. The smallest absolute Gasteiger partial charge is 0.322 e. The van der Waals surface area contributed by atoms with E-state index in [4.69, 9.17) is 14.2 Å². The van der Waals surface area contributed by atoms with Crippen LogP contribution in [0.25, 0.3) is 0 Å². The van der Waals surface area contributed by atoms with Crippen LogP contribution in [-0.4, -0.2) is 29.6 Å². The highest BCUT2D eigenvalue weighted by atomic mass is 16.9. The van der Waals surface area contributed by atoms with Gasteiger partial charge in [-0.15, -0.1) is 0 Å². The Balaban J connectivity index is 1.84. The average Bonchev–Trinajstić information content (AvgIpc) is 2.73. The number of ether oxygens (including phenoxy) is 3. The molecule has 0 spiro atoms. The fourth-order valence-corrected chi connectivity index (χ4v) is 2.67. The molecule has 0 N–H and O–H groups in total. The summed E-state index contributed by atoms with van der Waals surface area (Å²) in [5.41, 5.74) is 1.82.